The predicted molar refractivity (Wildman–Crippen MR) is 130 cm³/mol. The second-order valence-corrected chi connectivity index (χ2v) is 9.84. The molecule has 4 rings (SSSR count). The molecule has 1 aliphatic heterocycles. The van der Waals surface area contributed by atoms with Gasteiger partial charge in [0.15, 0.2) is 4.80 Å². The molecule has 0 spiro atoms. The molecular formula is C23H18Br2N2O4S. The Hall–Kier alpha value is -2.49. The van der Waals surface area contributed by atoms with Gasteiger partial charge in [-0.15, -0.1) is 0 Å². The number of ether oxygens (including phenoxy) is 1. The molecule has 1 N–H and O–H groups in total. The Labute approximate surface area is 204 Å². The maximum Gasteiger partial charge on any atom is 0.338 e. The molecule has 32 heavy (non-hydrogen) atoms. The molecule has 0 aliphatic carbocycles. The van der Waals surface area contributed by atoms with Crippen molar-refractivity contribution in [1.29, 1.82) is 0 Å². The van der Waals surface area contributed by atoms with Crippen molar-refractivity contribution in [2.75, 3.05) is 6.61 Å². The summed E-state index contributed by atoms with van der Waals surface area (Å²) in [6.45, 7) is 3.72. The highest BCUT2D eigenvalue weighted by molar-refractivity contribution is 9.10. The third-order valence-electron chi connectivity index (χ3n) is 4.97. The van der Waals surface area contributed by atoms with Crippen LogP contribution >= 0.6 is 43.2 Å². The number of phenols is 1. The zero-order chi connectivity index (χ0) is 23.0. The number of aromatic hydroxyl groups is 1. The van der Waals surface area contributed by atoms with Gasteiger partial charge in [0, 0.05) is 4.47 Å². The molecule has 0 saturated carbocycles. The third kappa shape index (κ3) is 4.24. The molecule has 1 atom stereocenters. The van der Waals surface area contributed by atoms with E-state index in [1.165, 1.54) is 11.3 Å². The summed E-state index contributed by atoms with van der Waals surface area (Å²) in [7, 11) is 0. The van der Waals surface area contributed by atoms with Gasteiger partial charge in [-0.2, -0.15) is 0 Å². The first-order valence-electron chi connectivity index (χ1n) is 9.73. The number of esters is 1. The molecule has 9 heteroatoms. The fourth-order valence-corrected chi connectivity index (χ4v) is 5.22. The van der Waals surface area contributed by atoms with Gasteiger partial charge < -0.3 is 9.84 Å². The molecule has 0 saturated heterocycles. The molecule has 0 bridgehead atoms. The molecule has 2 aromatic carbocycles. The molecule has 1 aliphatic rings. The summed E-state index contributed by atoms with van der Waals surface area (Å²) in [5.41, 5.74) is 2.16. The SMILES string of the molecule is CCOC(=O)C1=C(C)N=c2s/c(=C\c3ccc(O)c(Br)c3)c(=O)n2[C@@H]1c1ccc(Br)cc1. The van der Waals surface area contributed by atoms with Gasteiger partial charge in [-0.1, -0.05) is 45.5 Å². The number of benzene rings is 2. The largest absolute Gasteiger partial charge is 0.507 e. The Balaban J connectivity index is 1.95. The smallest absolute Gasteiger partial charge is 0.338 e. The van der Waals surface area contributed by atoms with Crippen molar-refractivity contribution in [3.8, 4) is 5.75 Å². The highest BCUT2D eigenvalue weighted by Crippen LogP contribution is 2.31. The van der Waals surface area contributed by atoms with Crippen LogP contribution in [0, 0.1) is 0 Å². The number of nitrogens with zero attached hydrogens (tertiary/aromatic N) is 2. The van der Waals surface area contributed by atoms with Crippen molar-refractivity contribution in [3.05, 3.63) is 93.5 Å². The summed E-state index contributed by atoms with van der Waals surface area (Å²) in [6, 6.07) is 11.9. The maximum atomic E-state index is 13.5. The standard InChI is InChI=1S/C23H18Br2N2O4S/c1-3-31-22(30)19-12(2)26-23-27(20(19)14-5-7-15(24)8-6-14)21(29)18(32-23)11-13-4-9-17(28)16(25)10-13/h4-11,20,28H,3H2,1-2H3/b18-11-/t20-/m1/s1. The Kier molecular flexibility index (Phi) is 6.50. The first-order valence-corrected chi connectivity index (χ1v) is 12.1. The van der Waals surface area contributed by atoms with E-state index in [4.69, 9.17) is 4.74 Å². The lowest BCUT2D eigenvalue weighted by Crippen LogP contribution is -2.39. The van der Waals surface area contributed by atoms with Crippen LogP contribution in [0.4, 0.5) is 0 Å². The van der Waals surface area contributed by atoms with Crippen molar-refractivity contribution in [3.63, 3.8) is 0 Å². The lowest BCUT2D eigenvalue weighted by atomic mass is 9.96. The van der Waals surface area contributed by atoms with E-state index >= 15 is 0 Å². The van der Waals surface area contributed by atoms with Crippen LogP contribution in [0.3, 0.4) is 0 Å². The number of carbonyl (C=O) groups excluding carboxylic acids is 1. The van der Waals surface area contributed by atoms with Crippen LogP contribution < -0.4 is 14.9 Å². The first kappa shape index (κ1) is 22.7. The Morgan fingerprint density at radius 2 is 1.97 bits per heavy atom. The van der Waals surface area contributed by atoms with E-state index in [0.29, 0.717) is 25.1 Å². The van der Waals surface area contributed by atoms with Crippen molar-refractivity contribution in [1.82, 2.24) is 4.57 Å². The minimum Gasteiger partial charge on any atom is -0.507 e. The van der Waals surface area contributed by atoms with Gasteiger partial charge in [0.25, 0.3) is 5.56 Å². The number of rotatable bonds is 4. The second-order valence-electron chi connectivity index (χ2n) is 7.06. The first-order chi connectivity index (χ1) is 15.3. The minimum absolute atomic E-state index is 0.119. The van der Waals surface area contributed by atoms with E-state index in [-0.39, 0.29) is 17.9 Å². The van der Waals surface area contributed by atoms with Crippen LogP contribution in [0.1, 0.15) is 31.0 Å². The number of fused-ring (bicyclic) bond motifs is 1. The average molecular weight is 578 g/mol. The quantitative estimate of drug-likeness (QED) is 0.475. The average Bonchev–Trinajstić information content (AvgIpc) is 3.05. The number of halogens is 2. The molecule has 3 aromatic rings. The van der Waals surface area contributed by atoms with E-state index in [1.54, 1.807) is 42.7 Å². The molecule has 0 fully saturated rings. The second kappa shape index (κ2) is 9.17. The summed E-state index contributed by atoms with van der Waals surface area (Å²) >= 11 is 7.98. The summed E-state index contributed by atoms with van der Waals surface area (Å²) in [4.78, 5) is 31.4. The van der Waals surface area contributed by atoms with Crippen molar-refractivity contribution in [2.24, 2.45) is 4.99 Å². The molecular weight excluding hydrogens is 560 g/mol. The van der Waals surface area contributed by atoms with Gasteiger partial charge in [0.05, 0.1) is 32.9 Å². The normalized spacial score (nSPS) is 16.0. The molecule has 164 valence electrons. The van der Waals surface area contributed by atoms with Gasteiger partial charge >= 0.3 is 5.97 Å². The van der Waals surface area contributed by atoms with Crippen LogP contribution in [0.5, 0.6) is 5.75 Å². The van der Waals surface area contributed by atoms with Crippen LogP contribution in [0.25, 0.3) is 6.08 Å². The number of allylic oxidation sites excluding steroid dienone is 1. The van der Waals surface area contributed by atoms with E-state index in [0.717, 1.165) is 15.6 Å². The summed E-state index contributed by atoms with van der Waals surface area (Å²) in [6.07, 6.45) is 1.75. The third-order valence-corrected chi connectivity index (χ3v) is 7.12. The van der Waals surface area contributed by atoms with Crippen LogP contribution in [0.15, 0.2) is 72.5 Å². The topological polar surface area (TPSA) is 80.9 Å². The van der Waals surface area contributed by atoms with Crippen molar-refractivity contribution in [2.45, 2.75) is 19.9 Å². The number of hydrogen-bond donors (Lipinski definition) is 1. The highest BCUT2D eigenvalue weighted by atomic mass is 79.9. The van der Waals surface area contributed by atoms with Gasteiger partial charge in [-0.25, -0.2) is 9.79 Å². The molecule has 1 aromatic heterocycles. The zero-order valence-corrected chi connectivity index (χ0v) is 21.1. The van der Waals surface area contributed by atoms with E-state index in [1.807, 2.05) is 24.3 Å². The lowest BCUT2D eigenvalue weighted by molar-refractivity contribution is -0.139. The Morgan fingerprint density at radius 1 is 1.25 bits per heavy atom. The van der Waals surface area contributed by atoms with E-state index in [9.17, 15) is 14.7 Å². The summed E-state index contributed by atoms with van der Waals surface area (Å²) in [5.74, 6) is -0.369. The monoisotopic (exact) mass is 576 g/mol. The molecule has 6 nitrogen and oxygen atoms in total. The Morgan fingerprint density at radius 3 is 2.62 bits per heavy atom. The molecule has 0 unspecified atom stereocenters. The van der Waals surface area contributed by atoms with Crippen molar-refractivity contribution >= 4 is 55.2 Å². The predicted octanol–water partition coefficient (Wildman–Crippen LogP) is 4.03. The maximum absolute atomic E-state index is 13.5. The molecule has 2 heterocycles. The number of thiazole rings is 1. The van der Waals surface area contributed by atoms with E-state index in [2.05, 4.69) is 36.9 Å². The number of aromatic nitrogens is 1. The summed E-state index contributed by atoms with van der Waals surface area (Å²) < 4.78 is 8.75. The van der Waals surface area contributed by atoms with Crippen LogP contribution in [-0.4, -0.2) is 22.2 Å². The lowest BCUT2D eigenvalue weighted by Gasteiger charge is -2.24. The fourth-order valence-electron chi connectivity index (χ4n) is 3.52. The van der Waals surface area contributed by atoms with Crippen molar-refractivity contribution < 1.29 is 14.6 Å². The number of carbonyl (C=O) groups is 1. The summed E-state index contributed by atoms with van der Waals surface area (Å²) in [5, 5.41) is 9.74. The number of phenolic OH excluding ortho intramolecular Hbond substituents is 1. The van der Waals surface area contributed by atoms with Crippen LogP contribution in [-0.2, 0) is 9.53 Å². The van der Waals surface area contributed by atoms with Gasteiger partial charge in [-0.3, -0.25) is 9.36 Å². The molecule has 0 radical (unpaired) electrons. The van der Waals surface area contributed by atoms with Crippen LogP contribution in [0.2, 0.25) is 0 Å². The number of hydrogen-bond acceptors (Lipinski definition) is 6. The van der Waals surface area contributed by atoms with Gasteiger partial charge in [-0.05, 0) is 71.2 Å². The fraction of sp³-hybridized carbons (Fsp3) is 0.174. The van der Waals surface area contributed by atoms with Gasteiger partial charge in [0.1, 0.15) is 5.75 Å². The minimum atomic E-state index is -0.646. The van der Waals surface area contributed by atoms with E-state index < -0.39 is 12.0 Å². The van der Waals surface area contributed by atoms with Gasteiger partial charge in [0.2, 0.25) is 0 Å². The Bertz CT molecular complexity index is 1420. The zero-order valence-electron chi connectivity index (χ0n) is 17.1. The molecule has 0 amide bonds. The highest BCUT2D eigenvalue weighted by Gasteiger charge is 2.33.